The second kappa shape index (κ2) is 13.5. The summed E-state index contributed by atoms with van der Waals surface area (Å²) in [6.45, 7) is 18.0. The number of Topliss-reactive ketones (excluding diaryl/α,β-unsaturated/α-hetero) is 1. The SMILES string of the molecule is CC(C)[Si](C#CC(OC(=O)c1ccccc1I)C(=O)O[C@H]1CC[C@@]2(C)C(=CC[C@@H]3[C@@H]2CC[C@]2(C)C(=O)CC[C@@H]32)C1)(C(C)C)C(C)C. The van der Waals surface area contributed by atoms with Crippen LogP contribution in [0.3, 0.4) is 0 Å². The highest BCUT2D eigenvalue weighted by Crippen LogP contribution is 2.64. The maximum absolute atomic E-state index is 13.9. The minimum Gasteiger partial charge on any atom is -0.459 e. The molecule has 0 radical (unpaired) electrons. The Morgan fingerprint density at radius 2 is 1.57 bits per heavy atom. The molecule has 0 amide bonds. The average Bonchev–Trinajstić information content (AvgIpc) is 3.30. The number of benzene rings is 1. The van der Waals surface area contributed by atoms with Crippen LogP contribution >= 0.6 is 22.6 Å². The van der Waals surface area contributed by atoms with Gasteiger partial charge < -0.3 is 9.47 Å². The molecule has 3 saturated carbocycles. The summed E-state index contributed by atoms with van der Waals surface area (Å²) in [7, 11) is -2.19. The minimum atomic E-state index is -2.19. The number of hydrogen-bond acceptors (Lipinski definition) is 5. The monoisotopic (exact) mass is 756 g/mol. The Balaban J connectivity index is 1.37. The first-order valence-electron chi connectivity index (χ1n) is 17.6. The van der Waals surface area contributed by atoms with Crippen LogP contribution in [-0.2, 0) is 19.1 Å². The molecule has 0 aromatic heterocycles. The molecular weight excluding hydrogens is 703 g/mol. The van der Waals surface area contributed by atoms with Gasteiger partial charge in [-0.05, 0) is 113 Å². The summed E-state index contributed by atoms with van der Waals surface area (Å²) in [5.41, 5.74) is 6.49. The van der Waals surface area contributed by atoms with Crippen molar-refractivity contribution in [3.63, 3.8) is 0 Å². The molecule has 3 fully saturated rings. The van der Waals surface area contributed by atoms with Gasteiger partial charge in [0.25, 0.3) is 6.10 Å². The predicted molar refractivity (Wildman–Crippen MR) is 194 cm³/mol. The van der Waals surface area contributed by atoms with Gasteiger partial charge in [0.05, 0.1) is 5.56 Å². The average molecular weight is 757 g/mol. The van der Waals surface area contributed by atoms with E-state index < -0.39 is 26.1 Å². The molecular formula is C39H53IO5Si. The number of fused-ring (bicyclic) bond motifs is 5. The molecule has 5 nitrogen and oxygen atoms in total. The molecule has 4 aliphatic rings. The van der Waals surface area contributed by atoms with E-state index in [0.29, 0.717) is 52.1 Å². The van der Waals surface area contributed by atoms with Gasteiger partial charge in [-0.15, -0.1) is 5.54 Å². The zero-order chi connectivity index (χ0) is 33.6. The van der Waals surface area contributed by atoms with E-state index in [1.165, 1.54) is 5.57 Å². The minimum absolute atomic E-state index is 0.0749. The van der Waals surface area contributed by atoms with Crippen molar-refractivity contribution in [2.45, 2.75) is 136 Å². The Morgan fingerprint density at radius 1 is 0.935 bits per heavy atom. The van der Waals surface area contributed by atoms with E-state index in [-0.39, 0.29) is 16.9 Å². The van der Waals surface area contributed by atoms with E-state index in [1.54, 1.807) is 12.1 Å². The molecule has 0 aliphatic heterocycles. The lowest BCUT2D eigenvalue weighted by Gasteiger charge is -2.56. The van der Waals surface area contributed by atoms with Crippen molar-refractivity contribution in [2.24, 2.45) is 28.6 Å². The molecule has 7 heteroatoms. The van der Waals surface area contributed by atoms with Crippen LogP contribution in [0.5, 0.6) is 0 Å². The van der Waals surface area contributed by atoms with Crippen molar-refractivity contribution in [1.82, 2.24) is 0 Å². The number of halogens is 1. The van der Waals surface area contributed by atoms with Crippen molar-refractivity contribution in [1.29, 1.82) is 0 Å². The van der Waals surface area contributed by atoms with Gasteiger partial charge in [-0.1, -0.05) is 85.1 Å². The van der Waals surface area contributed by atoms with Crippen molar-refractivity contribution < 1.29 is 23.9 Å². The van der Waals surface area contributed by atoms with E-state index in [9.17, 15) is 14.4 Å². The lowest BCUT2D eigenvalue weighted by molar-refractivity contribution is -0.158. The highest BCUT2D eigenvalue weighted by Gasteiger charge is 2.58. The highest BCUT2D eigenvalue weighted by molar-refractivity contribution is 14.1. The fourth-order valence-electron chi connectivity index (χ4n) is 10.3. The lowest BCUT2D eigenvalue weighted by Crippen LogP contribution is -2.50. The maximum Gasteiger partial charge on any atom is 0.360 e. The van der Waals surface area contributed by atoms with E-state index in [2.05, 4.69) is 95.5 Å². The second-order valence-corrected chi connectivity index (χ2v) is 22.7. The van der Waals surface area contributed by atoms with E-state index in [1.807, 2.05) is 12.1 Å². The van der Waals surface area contributed by atoms with Crippen molar-refractivity contribution in [2.75, 3.05) is 0 Å². The largest absolute Gasteiger partial charge is 0.459 e. The second-order valence-electron chi connectivity index (χ2n) is 15.9. The number of carbonyl (C=O) groups excluding carboxylic acids is 3. The number of carbonyl (C=O) groups is 3. The van der Waals surface area contributed by atoms with Crippen LogP contribution in [-0.4, -0.2) is 38.0 Å². The first kappa shape index (κ1) is 35.4. The van der Waals surface area contributed by atoms with Crippen molar-refractivity contribution >= 4 is 48.4 Å². The van der Waals surface area contributed by atoms with Crippen molar-refractivity contribution in [3.8, 4) is 11.5 Å². The summed E-state index contributed by atoms with van der Waals surface area (Å²) < 4.78 is 12.9. The summed E-state index contributed by atoms with van der Waals surface area (Å²) in [6.07, 6.45) is 8.19. The molecule has 1 aromatic rings. The number of ketones is 1. The normalized spacial score (nSPS) is 31.3. The number of ether oxygens (including phenoxy) is 2. The molecule has 0 bridgehead atoms. The third-order valence-corrected chi connectivity index (χ3v) is 20.1. The Labute approximate surface area is 291 Å². The molecule has 46 heavy (non-hydrogen) atoms. The van der Waals surface area contributed by atoms with Gasteiger partial charge in [-0.2, -0.15) is 0 Å². The van der Waals surface area contributed by atoms with Crippen LogP contribution in [0.15, 0.2) is 35.9 Å². The summed E-state index contributed by atoms with van der Waals surface area (Å²) in [5, 5.41) is 0. The van der Waals surface area contributed by atoms with Gasteiger partial charge in [-0.25, -0.2) is 9.59 Å². The molecule has 7 atom stereocenters. The smallest absolute Gasteiger partial charge is 0.360 e. The zero-order valence-electron chi connectivity index (χ0n) is 29.1. The first-order chi connectivity index (χ1) is 21.6. The summed E-state index contributed by atoms with van der Waals surface area (Å²) in [4.78, 5) is 40.1. The van der Waals surface area contributed by atoms with Gasteiger partial charge in [0.15, 0.2) is 0 Å². The van der Waals surface area contributed by atoms with Crippen molar-refractivity contribution in [3.05, 3.63) is 45.0 Å². The zero-order valence-corrected chi connectivity index (χ0v) is 32.2. The van der Waals surface area contributed by atoms with Crippen LogP contribution in [0.4, 0.5) is 0 Å². The quantitative estimate of drug-likeness (QED) is 0.0912. The molecule has 1 aromatic carbocycles. The van der Waals surface area contributed by atoms with Crippen LogP contribution < -0.4 is 0 Å². The third-order valence-electron chi connectivity index (χ3n) is 12.9. The molecule has 0 N–H and O–H groups in total. The molecule has 0 heterocycles. The van der Waals surface area contributed by atoms with Gasteiger partial charge in [0, 0.05) is 21.8 Å². The van der Waals surface area contributed by atoms with Gasteiger partial charge in [0.2, 0.25) is 0 Å². The summed E-state index contributed by atoms with van der Waals surface area (Å²) >= 11 is 2.12. The van der Waals surface area contributed by atoms with Crippen LogP contribution in [0.25, 0.3) is 0 Å². The fourth-order valence-corrected chi connectivity index (χ4v) is 16.1. The van der Waals surface area contributed by atoms with Crippen LogP contribution in [0.2, 0.25) is 16.6 Å². The molecule has 4 aliphatic carbocycles. The Hall–Kier alpha value is -1.92. The standard InChI is InChI=1S/C39H53IO5Si/c1-24(2)46(25(3)4,26(5)6)22-19-34(45-36(42)30-11-9-10-12-33(30)40)37(43)44-28-17-20-38(7)27(23-28)13-14-29-31-15-16-35(41)39(31,8)21-18-32(29)38/h9-13,24-26,28-29,31-32,34H,14-18,20-21,23H2,1-8H3/t28-,29-,31-,32-,34?,38-,39-/m0/s1. The van der Waals surface area contributed by atoms with Gasteiger partial charge >= 0.3 is 11.9 Å². The number of allylic oxidation sites excluding steroid dienone is 1. The molecule has 5 rings (SSSR count). The maximum atomic E-state index is 13.9. The molecule has 250 valence electrons. The summed E-state index contributed by atoms with van der Waals surface area (Å²) in [5.74, 6) is 4.17. The lowest BCUT2D eigenvalue weighted by atomic mass is 9.48. The Kier molecular flexibility index (Phi) is 10.4. The van der Waals surface area contributed by atoms with E-state index >= 15 is 0 Å². The summed E-state index contributed by atoms with van der Waals surface area (Å²) in [6, 6.07) is 7.24. The van der Waals surface area contributed by atoms with E-state index in [0.717, 1.165) is 48.5 Å². The van der Waals surface area contributed by atoms with Crippen LogP contribution in [0, 0.1) is 43.6 Å². The number of esters is 2. The topological polar surface area (TPSA) is 69.7 Å². The van der Waals surface area contributed by atoms with Crippen LogP contribution in [0.1, 0.15) is 117 Å². The molecule has 1 unspecified atom stereocenters. The number of rotatable bonds is 7. The molecule has 0 spiro atoms. The van der Waals surface area contributed by atoms with Gasteiger partial charge in [-0.3, -0.25) is 4.79 Å². The highest BCUT2D eigenvalue weighted by atomic mass is 127. The fraction of sp³-hybridized carbons (Fsp3) is 0.667. The number of hydrogen-bond donors (Lipinski definition) is 0. The third kappa shape index (κ3) is 6.19. The predicted octanol–water partition coefficient (Wildman–Crippen LogP) is 9.48. The first-order valence-corrected chi connectivity index (χ1v) is 20.9. The van der Waals surface area contributed by atoms with Gasteiger partial charge in [0.1, 0.15) is 20.0 Å². The molecule has 0 saturated heterocycles. The van der Waals surface area contributed by atoms with E-state index in [4.69, 9.17) is 9.47 Å². The Bertz CT molecular complexity index is 1430. The Morgan fingerprint density at radius 3 is 2.22 bits per heavy atom.